The molecule has 0 bridgehead atoms. The SMILES string of the molecule is C=C(C)CCC1CCCC(NCC)C1. The molecule has 1 N–H and O–H groups in total. The van der Waals surface area contributed by atoms with Crippen LogP contribution in [0.2, 0.25) is 0 Å². The minimum atomic E-state index is 0.795. The van der Waals surface area contributed by atoms with E-state index in [0.29, 0.717) is 0 Å². The van der Waals surface area contributed by atoms with E-state index in [2.05, 4.69) is 25.7 Å². The summed E-state index contributed by atoms with van der Waals surface area (Å²) in [6, 6.07) is 0.795. The van der Waals surface area contributed by atoms with E-state index in [1.807, 2.05) is 0 Å². The van der Waals surface area contributed by atoms with E-state index in [1.165, 1.54) is 44.1 Å². The van der Waals surface area contributed by atoms with Crippen molar-refractivity contribution in [3.8, 4) is 0 Å². The summed E-state index contributed by atoms with van der Waals surface area (Å²) in [4.78, 5) is 0. The summed E-state index contributed by atoms with van der Waals surface area (Å²) in [7, 11) is 0. The molecule has 0 aromatic heterocycles. The summed E-state index contributed by atoms with van der Waals surface area (Å²) in [6.45, 7) is 9.45. The lowest BCUT2D eigenvalue weighted by molar-refractivity contribution is 0.276. The molecule has 2 atom stereocenters. The van der Waals surface area contributed by atoms with Crippen LogP contribution in [0.1, 0.15) is 52.4 Å². The van der Waals surface area contributed by atoms with E-state index in [4.69, 9.17) is 0 Å². The Balaban J connectivity index is 2.21. The van der Waals surface area contributed by atoms with E-state index in [9.17, 15) is 0 Å². The lowest BCUT2D eigenvalue weighted by Gasteiger charge is -2.29. The molecule has 1 nitrogen and oxygen atoms in total. The molecule has 1 heteroatoms. The quantitative estimate of drug-likeness (QED) is 0.662. The summed E-state index contributed by atoms with van der Waals surface area (Å²) in [6.07, 6.45) is 8.22. The van der Waals surface area contributed by atoms with Crippen LogP contribution in [0, 0.1) is 5.92 Å². The van der Waals surface area contributed by atoms with Gasteiger partial charge < -0.3 is 5.32 Å². The van der Waals surface area contributed by atoms with E-state index in [1.54, 1.807) is 0 Å². The van der Waals surface area contributed by atoms with Crippen LogP contribution in [0.4, 0.5) is 0 Å². The smallest absolute Gasteiger partial charge is 0.00695 e. The fourth-order valence-corrected chi connectivity index (χ4v) is 2.48. The molecular weight excluding hydrogens is 170 g/mol. The first-order valence-corrected chi connectivity index (χ1v) is 6.10. The topological polar surface area (TPSA) is 12.0 Å². The molecule has 0 radical (unpaired) electrons. The summed E-state index contributed by atoms with van der Waals surface area (Å²) in [5, 5.41) is 3.58. The van der Waals surface area contributed by atoms with E-state index in [-0.39, 0.29) is 0 Å². The van der Waals surface area contributed by atoms with Gasteiger partial charge in [0.25, 0.3) is 0 Å². The van der Waals surface area contributed by atoms with Gasteiger partial charge >= 0.3 is 0 Å². The van der Waals surface area contributed by atoms with Gasteiger partial charge in [0.05, 0.1) is 0 Å². The van der Waals surface area contributed by atoms with Gasteiger partial charge in [0.2, 0.25) is 0 Å². The normalized spacial score (nSPS) is 27.6. The summed E-state index contributed by atoms with van der Waals surface area (Å²) in [5.74, 6) is 0.949. The summed E-state index contributed by atoms with van der Waals surface area (Å²) < 4.78 is 0. The van der Waals surface area contributed by atoms with E-state index in [0.717, 1.165) is 18.5 Å². The summed E-state index contributed by atoms with van der Waals surface area (Å²) in [5.41, 5.74) is 1.34. The lowest BCUT2D eigenvalue weighted by Crippen LogP contribution is -2.33. The fraction of sp³-hybridized carbons (Fsp3) is 0.846. The molecule has 1 saturated carbocycles. The van der Waals surface area contributed by atoms with Crippen molar-refractivity contribution >= 4 is 0 Å². The minimum Gasteiger partial charge on any atom is -0.314 e. The van der Waals surface area contributed by atoms with Crippen molar-refractivity contribution < 1.29 is 0 Å². The lowest BCUT2D eigenvalue weighted by atomic mass is 9.82. The number of nitrogens with one attached hydrogen (secondary N) is 1. The van der Waals surface area contributed by atoms with Crippen molar-refractivity contribution in [2.24, 2.45) is 5.92 Å². The van der Waals surface area contributed by atoms with Crippen molar-refractivity contribution in [2.75, 3.05) is 6.54 Å². The zero-order chi connectivity index (χ0) is 10.4. The highest BCUT2D eigenvalue weighted by Gasteiger charge is 2.20. The first-order valence-electron chi connectivity index (χ1n) is 6.10. The highest BCUT2D eigenvalue weighted by Crippen LogP contribution is 2.28. The highest BCUT2D eigenvalue weighted by molar-refractivity contribution is 4.89. The predicted octanol–water partition coefficient (Wildman–Crippen LogP) is 3.51. The third kappa shape index (κ3) is 4.28. The van der Waals surface area contributed by atoms with Crippen LogP contribution < -0.4 is 5.32 Å². The first kappa shape index (κ1) is 11.8. The molecule has 1 rings (SSSR count). The van der Waals surface area contributed by atoms with Gasteiger partial charge in [-0.15, -0.1) is 6.58 Å². The Morgan fingerprint density at radius 2 is 2.21 bits per heavy atom. The van der Waals surface area contributed by atoms with Crippen LogP contribution >= 0.6 is 0 Å². The van der Waals surface area contributed by atoms with Gasteiger partial charge in [-0.25, -0.2) is 0 Å². The van der Waals surface area contributed by atoms with Crippen molar-refractivity contribution in [3.63, 3.8) is 0 Å². The molecule has 0 spiro atoms. The maximum atomic E-state index is 3.98. The van der Waals surface area contributed by atoms with Gasteiger partial charge in [-0.05, 0) is 45.1 Å². The van der Waals surface area contributed by atoms with Crippen molar-refractivity contribution in [1.29, 1.82) is 0 Å². The van der Waals surface area contributed by atoms with Crippen molar-refractivity contribution in [1.82, 2.24) is 5.32 Å². The predicted molar refractivity (Wildman–Crippen MR) is 63.5 cm³/mol. The molecule has 0 saturated heterocycles. The Hall–Kier alpha value is -0.300. The van der Waals surface area contributed by atoms with Gasteiger partial charge in [-0.1, -0.05) is 25.3 Å². The van der Waals surface area contributed by atoms with Gasteiger partial charge in [0.1, 0.15) is 0 Å². The largest absolute Gasteiger partial charge is 0.314 e. The highest BCUT2D eigenvalue weighted by atomic mass is 14.9. The molecule has 1 aliphatic carbocycles. The Morgan fingerprint density at radius 3 is 2.86 bits per heavy atom. The molecule has 0 aromatic rings. The van der Waals surface area contributed by atoms with Gasteiger partial charge in [-0.2, -0.15) is 0 Å². The average molecular weight is 195 g/mol. The molecule has 82 valence electrons. The van der Waals surface area contributed by atoms with Crippen molar-refractivity contribution in [3.05, 3.63) is 12.2 Å². The molecular formula is C13H25N. The molecule has 0 heterocycles. The maximum Gasteiger partial charge on any atom is 0.00695 e. The molecule has 1 fully saturated rings. The molecule has 2 unspecified atom stereocenters. The van der Waals surface area contributed by atoms with Crippen molar-refractivity contribution in [2.45, 2.75) is 58.4 Å². The standard InChI is InChI=1S/C13H25N/c1-4-14-13-7-5-6-12(10-13)9-8-11(2)3/h12-14H,2,4-10H2,1,3H3. The van der Waals surface area contributed by atoms with Crippen LogP contribution in [0.5, 0.6) is 0 Å². The van der Waals surface area contributed by atoms with Gasteiger partial charge in [0.15, 0.2) is 0 Å². The monoisotopic (exact) mass is 195 g/mol. The second-order valence-corrected chi connectivity index (χ2v) is 4.78. The average Bonchev–Trinajstić information content (AvgIpc) is 2.16. The number of hydrogen-bond acceptors (Lipinski definition) is 1. The van der Waals surface area contributed by atoms with Crippen LogP contribution in [-0.2, 0) is 0 Å². The first-order chi connectivity index (χ1) is 6.72. The van der Waals surface area contributed by atoms with Crippen LogP contribution in [-0.4, -0.2) is 12.6 Å². The molecule has 1 aliphatic rings. The van der Waals surface area contributed by atoms with Crippen LogP contribution in [0.3, 0.4) is 0 Å². The number of hydrogen-bond donors (Lipinski definition) is 1. The Labute approximate surface area is 89.0 Å². The molecule has 0 amide bonds. The Bertz CT molecular complexity index is 172. The fourth-order valence-electron chi connectivity index (χ4n) is 2.48. The third-order valence-electron chi connectivity index (χ3n) is 3.25. The zero-order valence-corrected chi connectivity index (χ0v) is 9.81. The maximum absolute atomic E-state index is 3.98. The Morgan fingerprint density at radius 1 is 1.43 bits per heavy atom. The van der Waals surface area contributed by atoms with Gasteiger partial charge in [0, 0.05) is 6.04 Å². The number of allylic oxidation sites excluding steroid dienone is 1. The molecule has 0 aromatic carbocycles. The third-order valence-corrected chi connectivity index (χ3v) is 3.25. The number of rotatable bonds is 5. The van der Waals surface area contributed by atoms with Crippen LogP contribution in [0.15, 0.2) is 12.2 Å². The molecule has 14 heavy (non-hydrogen) atoms. The van der Waals surface area contributed by atoms with E-state index >= 15 is 0 Å². The second kappa shape index (κ2) is 6.23. The minimum absolute atomic E-state index is 0.795. The second-order valence-electron chi connectivity index (χ2n) is 4.78. The Kier molecular flexibility index (Phi) is 5.24. The van der Waals surface area contributed by atoms with Gasteiger partial charge in [-0.3, -0.25) is 0 Å². The van der Waals surface area contributed by atoms with E-state index < -0.39 is 0 Å². The zero-order valence-electron chi connectivity index (χ0n) is 9.81. The van der Waals surface area contributed by atoms with Crippen LogP contribution in [0.25, 0.3) is 0 Å². The molecule has 0 aliphatic heterocycles. The summed E-state index contributed by atoms with van der Waals surface area (Å²) >= 11 is 0.